The van der Waals surface area contributed by atoms with Gasteiger partial charge in [0, 0.05) is 24.8 Å². The fourth-order valence-electron chi connectivity index (χ4n) is 1.67. The van der Waals surface area contributed by atoms with Crippen LogP contribution in [0.1, 0.15) is 29.5 Å². The average molecular weight is 285 g/mol. The summed E-state index contributed by atoms with van der Waals surface area (Å²) in [5, 5.41) is 3.12. The zero-order valence-electron chi connectivity index (χ0n) is 10.8. The van der Waals surface area contributed by atoms with E-state index >= 15 is 0 Å². The lowest BCUT2D eigenvalue weighted by Gasteiger charge is -2.22. The molecule has 0 fully saturated rings. The number of nitrogens with zero attached hydrogens (tertiary/aromatic N) is 4. The Bertz CT molecular complexity index is 508. The van der Waals surface area contributed by atoms with E-state index in [0.29, 0.717) is 5.88 Å². The highest BCUT2D eigenvalue weighted by atomic mass is 35.5. The summed E-state index contributed by atoms with van der Waals surface area (Å²) in [6.07, 6.45) is 3.78. The van der Waals surface area contributed by atoms with Crippen molar-refractivity contribution in [2.24, 2.45) is 7.05 Å². The summed E-state index contributed by atoms with van der Waals surface area (Å²) < 4.78 is 2.04. The quantitative estimate of drug-likeness (QED) is 0.792. The normalized spacial score (nSPS) is 13.2. The zero-order chi connectivity index (χ0) is 13.1. The van der Waals surface area contributed by atoms with E-state index in [9.17, 15) is 0 Å². The van der Waals surface area contributed by atoms with Crippen molar-refractivity contribution in [3.05, 3.63) is 34.3 Å². The summed E-state index contributed by atoms with van der Waals surface area (Å²) >= 11 is 7.44. The van der Waals surface area contributed by atoms with Gasteiger partial charge in [0.25, 0.3) is 0 Å². The van der Waals surface area contributed by atoms with Crippen LogP contribution in [-0.2, 0) is 19.5 Å². The molecule has 0 aliphatic heterocycles. The minimum absolute atomic E-state index is 0.267. The average Bonchev–Trinajstić information content (AvgIpc) is 2.98. The van der Waals surface area contributed by atoms with Crippen LogP contribution in [-0.4, -0.2) is 26.5 Å². The van der Waals surface area contributed by atoms with E-state index in [1.54, 1.807) is 11.3 Å². The first kappa shape index (κ1) is 13.5. The van der Waals surface area contributed by atoms with Crippen molar-refractivity contribution in [2.75, 3.05) is 7.05 Å². The fourth-order valence-corrected chi connectivity index (χ4v) is 2.84. The SMILES string of the molecule is CC(c1nc(CCl)cs1)N(C)Cc1nccn1C. The summed E-state index contributed by atoms with van der Waals surface area (Å²) in [5.74, 6) is 1.53. The summed E-state index contributed by atoms with van der Waals surface area (Å²) in [6.45, 7) is 2.96. The first-order chi connectivity index (χ1) is 8.61. The van der Waals surface area contributed by atoms with Gasteiger partial charge in [0.1, 0.15) is 10.8 Å². The molecule has 0 aliphatic carbocycles. The molecular weight excluding hydrogens is 268 g/mol. The molecule has 0 radical (unpaired) electrons. The summed E-state index contributed by atoms with van der Waals surface area (Å²) in [4.78, 5) is 11.1. The highest BCUT2D eigenvalue weighted by molar-refractivity contribution is 7.09. The van der Waals surface area contributed by atoms with Crippen molar-refractivity contribution in [1.29, 1.82) is 0 Å². The number of alkyl halides is 1. The predicted molar refractivity (Wildman–Crippen MR) is 74.8 cm³/mol. The van der Waals surface area contributed by atoms with Crippen LogP contribution < -0.4 is 0 Å². The Kier molecular flexibility index (Phi) is 4.37. The lowest BCUT2D eigenvalue weighted by atomic mass is 10.3. The Morgan fingerprint density at radius 3 is 2.89 bits per heavy atom. The number of hydrogen-bond donors (Lipinski definition) is 0. The molecule has 2 aromatic heterocycles. The van der Waals surface area contributed by atoms with E-state index in [0.717, 1.165) is 23.1 Å². The third-order valence-electron chi connectivity index (χ3n) is 3.04. The fraction of sp³-hybridized carbons (Fsp3) is 0.500. The minimum Gasteiger partial charge on any atom is -0.337 e. The first-order valence-electron chi connectivity index (χ1n) is 5.78. The largest absolute Gasteiger partial charge is 0.337 e. The molecule has 0 saturated heterocycles. The molecule has 0 spiro atoms. The molecule has 2 rings (SSSR count). The Morgan fingerprint density at radius 2 is 2.33 bits per heavy atom. The number of rotatable bonds is 5. The summed E-state index contributed by atoms with van der Waals surface area (Å²) in [6, 6.07) is 0.267. The summed E-state index contributed by atoms with van der Waals surface area (Å²) in [5.41, 5.74) is 0.953. The van der Waals surface area contributed by atoms with Crippen molar-refractivity contribution >= 4 is 22.9 Å². The van der Waals surface area contributed by atoms with Gasteiger partial charge in [-0.1, -0.05) is 0 Å². The molecule has 4 nitrogen and oxygen atoms in total. The highest BCUT2D eigenvalue weighted by Crippen LogP contribution is 2.24. The van der Waals surface area contributed by atoms with Crippen LogP contribution >= 0.6 is 22.9 Å². The number of imidazole rings is 1. The topological polar surface area (TPSA) is 34.0 Å². The second-order valence-corrected chi connectivity index (χ2v) is 5.51. The van der Waals surface area contributed by atoms with Crippen LogP contribution in [0.4, 0.5) is 0 Å². The van der Waals surface area contributed by atoms with Crippen molar-refractivity contribution in [2.45, 2.75) is 25.4 Å². The lowest BCUT2D eigenvalue weighted by Crippen LogP contribution is -2.23. The maximum atomic E-state index is 5.78. The number of aromatic nitrogens is 3. The van der Waals surface area contributed by atoms with E-state index in [2.05, 4.69) is 28.8 Å². The molecule has 2 heterocycles. The van der Waals surface area contributed by atoms with Gasteiger partial charge in [-0.3, -0.25) is 4.90 Å². The van der Waals surface area contributed by atoms with Crippen molar-refractivity contribution < 1.29 is 0 Å². The number of thiazole rings is 1. The molecule has 0 amide bonds. The van der Waals surface area contributed by atoms with Crippen LogP contribution in [0, 0.1) is 0 Å². The van der Waals surface area contributed by atoms with Crippen LogP contribution in [0.15, 0.2) is 17.8 Å². The second-order valence-electron chi connectivity index (χ2n) is 4.36. The molecule has 1 unspecified atom stereocenters. The molecule has 98 valence electrons. The predicted octanol–water partition coefficient (Wildman–Crippen LogP) is 2.81. The Labute approximate surface area is 116 Å². The van der Waals surface area contributed by atoms with Crippen LogP contribution in [0.3, 0.4) is 0 Å². The number of halogens is 1. The molecule has 0 saturated carbocycles. The minimum atomic E-state index is 0.267. The van der Waals surface area contributed by atoms with Gasteiger partial charge in [-0.05, 0) is 14.0 Å². The van der Waals surface area contributed by atoms with Crippen LogP contribution in [0.5, 0.6) is 0 Å². The molecule has 0 aromatic carbocycles. The van der Waals surface area contributed by atoms with Crippen molar-refractivity contribution in [3.63, 3.8) is 0 Å². The van der Waals surface area contributed by atoms with Gasteiger partial charge in [-0.25, -0.2) is 9.97 Å². The maximum absolute atomic E-state index is 5.78. The van der Waals surface area contributed by atoms with E-state index in [1.807, 2.05) is 29.4 Å². The van der Waals surface area contributed by atoms with Crippen LogP contribution in [0.25, 0.3) is 0 Å². The van der Waals surface area contributed by atoms with E-state index in [4.69, 9.17) is 11.6 Å². The number of aryl methyl sites for hydroxylation is 1. The Balaban J connectivity index is 2.04. The van der Waals surface area contributed by atoms with E-state index < -0.39 is 0 Å². The third-order valence-corrected chi connectivity index (χ3v) is 4.37. The molecule has 1 atom stereocenters. The van der Waals surface area contributed by atoms with E-state index in [1.165, 1.54) is 0 Å². The lowest BCUT2D eigenvalue weighted by molar-refractivity contribution is 0.244. The molecule has 6 heteroatoms. The van der Waals surface area contributed by atoms with E-state index in [-0.39, 0.29) is 6.04 Å². The molecule has 18 heavy (non-hydrogen) atoms. The second kappa shape index (κ2) is 5.82. The molecule has 0 bridgehead atoms. The Morgan fingerprint density at radius 1 is 1.56 bits per heavy atom. The molecule has 2 aromatic rings. The van der Waals surface area contributed by atoms with Gasteiger partial charge >= 0.3 is 0 Å². The van der Waals surface area contributed by atoms with Gasteiger partial charge < -0.3 is 4.57 Å². The highest BCUT2D eigenvalue weighted by Gasteiger charge is 2.16. The van der Waals surface area contributed by atoms with Gasteiger partial charge in [0.2, 0.25) is 0 Å². The third kappa shape index (κ3) is 2.91. The molecule has 0 aliphatic rings. The zero-order valence-corrected chi connectivity index (χ0v) is 12.4. The molecule has 0 N–H and O–H groups in total. The van der Waals surface area contributed by atoms with Gasteiger partial charge in [0.05, 0.1) is 24.2 Å². The molecular formula is C12H17ClN4S. The smallest absolute Gasteiger partial charge is 0.122 e. The number of hydrogen-bond acceptors (Lipinski definition) is 4. The Hall–Kier alpha value is -0.910. The first-order valence-corrected chi connectivity index (χ1v) is 7.20. The standard InChI is InChI=1S/C12H17ClN4S/c1-9(12-15-10(6-13)8-18-12)17(3)7-11-14-4-5-16(11)2/h4-5,8-9H,6-7H2,1-3H3. The van der Waals surface area contributed by atoms with Crippen molar-refractivity contribution in [3.8, 4) is 0 Å². The van der Waals surface area contributed by atoms with Crippen LogP contribution in [0.2, 0.25) is 0 Å². The monoisotopic (exact) mass is 284 g/mol. The van der Waals surface area contributed by atoms with Gasteiger partial charge in [-0.15, -0.1) is 22.9 Å². The van der Waals surface area contributed by atoms with Gasteiger partial charge in [0.15, 0.2) is 0 Å². The maximum Gasteiger partial charge on any atom is 0.122 e. The van der Waals surface area contributed by atoms with Crippen molar-refractivity contribution in [1.82, 2.24) is 19.4 Å². The summed E-state index contributed by atoms with van der Waals surface area (Å²) in [7, 11) is 4.09. The van der Waals surface area contributed by atoms with Gasteiger partial charge in [-0.2, -0.15) is 0 Å².